The molecule has 2 amide bonds. The zero-order chi connectivity index (χ0) is 22.5. The predicted octanol–water partition coefficient (Wildman–Crippen LogP) is 6.31. The van der Waals surface area contributed by atoms with Crippen LogP contribution in [0.2, 0.25) is 10.0 Å². The molecule has 3 unspecified atom stereocenters. The van der Waals surface area contributed by atoms with E-state index in [0.717, 1.165) is 19.3 Å². The molecule has 1 saturated carbocycles. The van der Waals surface area contributed by atoms with Gasteiger partial charge in [0.1, 0.15) is 11.9 Å². The molecule has 0 aromatic heterocycles. The lowest BCUT2D eigenvalue weighted by Gasteiger charge is -2.36. The molecule has 2 aromatic carbocycles. The number of anilines is 1. The standard InChI is InChI=1S/C24H27Cl3N2O2/c1-15-8-3-6-12-20(15)28-24(31)23(17-9-4-5-10-19(17)27)29(22(30)14-25)21-13-7-11-18(26)16(21)2/h4-5,7,9-11,13,15,20,23H,3,6,8,12,14H2,1-2H3,(H,28,31). The van der Waals surface area contributed by atoms with Crippen molar-refractivity contribution in [2.75, 3.05) is 10.8 Å². The van der Waals surface area contributed by atoms with Crippen LogP contribution in [0.4, 0.5) is 5.69 Å². The van der Waals surface area contributed by atoms with Gasteiger partial charge < -0.3 is 5.32 Å². The average molecular weight is 482 g/mol. The van der Waals surface area contributed by atoms with Gasteiger partial charge in [0.25, 0.3) is 0 Å². The number of benzene rings is 2. The second-order valence-electron chi connectivity index (χ2n) is 8.08. The molecule has 2 aromatic rings. The molecule has 1 fully saturated rings. The van der Waals surface area contributed by atoms with Crippen LogP contribution >= 0.6 is 34.8 Å². The Balaban J connectivity index is 2.10. The molecule has 4 nitrogen and oxygen atoms in total. The maximum Gasteiger partial charge on any atom is 0.248 e. The van der Waals surface area contributed by atoms with Crippen molar-refractivity contribution in [3.63, 3.8) is 0 Å². The van der Waals surface area contributed by atoms with E-state index in [2.05, 4.69) is 12.2 Å². The maximum atomic E-state index is 13.7. The fourth-order valence-corrected chi connectivity index (χ4v) is 4.76. The highest BCUT2D eigenvalue weighted by Gasteiger charge is 2.36. The first-order valence-electron chi connectivity index (χ1n) is 10.5. The molecule has 0 spiro atoms. The van der Waals surface area contributed by atoms with E-state index in [1.807, 2.05) is 6.92 Å². The summed E-state index contributed by atoms with van der Waals surface area (Å²) >= 11 is 18.8. The summed E-state index contributed by atoms with van der Waals surface area (Å²) in [5, 5.41) is 4.10. The molecule has 0 bridgehead atoms. The summed E-state index contributed by atoms with van der Waals surface area (Å²) in [6, 6.07) is 11.4. The second-order valence-corrected chi connectivity index (χ2v) is 9.16. The number of halogens is 3. The predicted molar refractivity (Wildman–Crippen MR) is 128 cm³/mol. The lowest BCUT2D eigenvalue weighted by molar-refractivity contribution is -0.126. The smallest absolute Gasteiger partial charge is 0.248 e. The molecule has 1 N–H and O–H groups in total. The van der Waals surface area contributed by atoms with Crippen molar-refractivity contribution >= 4 is 52.3 Å². The normalized spacial score (nSPS) is 19.5. The lowest BCUT2D eigenvalue weighted by Crippen LogP contribution is -2.49. The van der Waals surface area contributed by atoms with Gasteiger partial charge in [-0.05, 0) is 49.4 Å². The van der Waals surface area contributed by atoms with Crippen LogP contribution in [0.25, 0.3) is 0 Å². The summed E-state index contributed by atoms with van der Waals surface area (Å²) < 4.78 is 0. The van der Waals surface area contributed by atoms with Gasteiger partial charge in [0, 0.05) is 27.3 Å². The van der Waals surface area contributed by atoms with E-state index in [0.29, 0.717) is 32.8 Å². The number of nitrogens with one attached hydrogen (secondary N) is 1. The van der Waals surface area contributed by atoms with Gasteiger partial charge in [-0.3, -0.25) is 14.5 Å². The largest absolute Gasteiger partial charge is 0.351 e. The minimum absolute atomic E-state index is 0.0552. The van der Waals surface area contributed by atoms with Crippen LogP contribution in [0.5, 0.6) is 0 Å². The highest BCUT2D eigenvalue weighted by molar-refractivity contribution is 6.33. The summed E-state index contributed by atoms with van der Waals surface area (Å²) in [4.78, 5) is 28.2. The first-order valence-corrected chi connectivity index (χ1v) is 11.8. The van der Waals surface area contributed by atoms with Gasteiger partial charge in [0.2, 0.25) is 11.8 Å². The number of alkyl halides is 1. The minimum atomic E-state index is -0.966. The minimum Gasteiger partial charge on any atom is -0.351 e. The fraction of sp³-hybridized carbons (Fsp3) is 0.417. The van der Waals surface area contributed by atoms with E-state index in [1.54, 1.807) is 42.5 Å². The van der Waals surface area contributed by atoms with Gasteiger partial charge >= 0.3 is 0 Å². The molecule has 0 radical (unpaired) electrons. The quantitative estimate of drug-likeness (QED) is 0.491. The van der Waals surface area contributed by atoms with Gasteiger partial charge in [-0.1, -0.05) is 67.2 Å². The Morgan fingerprint density at radius 3 is 2.42 bits per heavy atom. The molecule has 166 valence electrons. The van der Waals surface area contributed by atoms with Crippen LogP contribution in [0, 0.1) is 12.8 Å². The third kappa shape index (κ3) is 5.36. The Bertz CT molecular complexity index is 950. The van der Waals surface area contributed by atoms with Crippen molar-refractivity contribution in [3.05, 3.63) is 63.6 Å². The van der Waals surface area contributed by atoms with Crippen LogP contribution in [-0.4, -0.2) is 23.7 Å². The van der Waals surface area contributed by atoms with Gasteiger partial charge in [0.15, 0.2) is 0 Å². The van der Waals surface area contributed by atoms with Gasteiger partial charge in [-0.25, -0.2) is 0 Å². The molecular weight excluding hydrogens is 455 g/mol. The van der Waals surface area contributed by atoms with Crippen LogP contribution in [-0.2, 0) is 9.59 Å². The van der Waals surface area contributed by atoms with Crippen LogP contribution in [0.15, 0.2) is 42.5 Å². The van der Waals surface area contributed by atoms with E-state index in [9.17, 15) is 9.59 Å². The highest BCUT2D eigenvalue weighted by Crippen LogP contribution is 2.36. The Kier molecular flexibility index (Phi) is 8.26. The molecule has 1 aliphatic rings. The molecule has 7 heteroatoms. The first-order chi connectivity index (χ1) is 14.8. The summed E-state index contributed by atoms with van der Waals surface area (Å²) in [5.74, 6) is -0.580. The third-order valence-electron chi connectivity index (χ3n) is 6.03. The van der Waals surface area contributed by atoms with Gasteiger partial charge in [-0.15, -0.1) is 11.6 Å². The lowest BCUT2D eigenvalue weighted by atomic mass is 9.85. The Morgan fingerprint density at radius 2 is 1.74 bits per heavy atom. The fourth-order valence-electron chi connectivity index (χ4n) is 4.23. The highest BCUT2D eigenvalue weighted by atomic mass is 35.5. The number of carbonyl (C=O) groups is 2. The molecule has 0 saturated heterocycles. The Hall–Kier alpha value is -1.75. The monoisotopic (exact) mass is 480 g/mol. The summed E-state index contributed by atoms with van der Waals surface area (Å²) in [6.45, 7) is 3.97. The Morgan fingerprint density at radius 1 is 1.06 bits per heavy atom. The van der Waals surface area contributed by atoms with E-state index in [-0.39, 0.29) is 17.8 Å². The number of amides is 2. The van der Waals surface area contributed by atoms with E-state index in [1.165, 1.54) is 11.3 Å². The third-order valence-corrected chi connectivity index (χ3v) is 7.01. The molecule has 0 heterocycles. The van der Waals surface area contributed by atoms with Gasteiger partial charge in [-0.2, -0.15) is 0 Å². The van der Waals surface area contributed by atoms with Gasteiger partial charge in [0.05, 0.1) is 0 Å². The molecule has 0 aliphatic heterocycles. The van der Waals surface area contributed by atoms with Crippen LogP contribution in [0.3, 0.4) is 0 Å². The van der Waals surface area contributed by atoms with Crippen molar-refractivity contribution in [1.82, 2.24) is 5.32 Å². The number of carbonyl (C=O) groups excluding carboxylic acids is 2. The number of hydrogen-bond acceptors (Lipinski definition) is 2. The summed E-state index contributed by atoms with van der Waals surface area (Å²) in [6.07, 6.45) is 4.23. The van der Waals surface area contributed by atoms with E-state index < -0.39 is 11.9 Å². The van der Waals surface area contributed by atoms with E-state index >= 15 is 0 Å². The molecule has 31 heavy (non-hydrogen) atoms. The van der Waals surface area contributed by atoms with Crippen molar-refractivity contribution in [3.8, 4) is 0 Å². The van der Waals surface area contributed by atoms with Crippen molar-refractivity contribution < 1.29 is 9.59 Å². The summed E-state index contributed by atoms with van der Waals surface area (Å²) in [7, 11) is 0. The topological polar surface area (TPSA) is 49.4 Å². The second kappa shape index (κ2) is 10.7. The molecule has 3 atom stereocenters. The number of hydrogen-bond donors (Lipinski definition) is 1. The number of nitrogens with zero attached hydrogens (tertiary/aromatic N) is 1. The van der Waals surface area contributed by atoms with Crippen molar-refractivity contribution in [2.45, 2.75) is 51.6 Å². The van der Waals surface area contributed by atoms with E-state index in [4.69, 9.17) is 34.8 Å². The first kappa shape index (κ1) is 23.9. The number of rotatable bonds is 6. The average Bonchev–Trinajstić information content (AvgIpc) is 2.76. The molecular formula is C24H27Cl3N2O2. The SMILES string of the molecule is Cc1c(Cl)cccc1N(C(=O)CCl)C(C(=O)NC1CCCCC1C)c1ccccc1Cl. The maximum absolute atomic E-state index is 13.7. The van der Waals surface area contributed by atoms with Crippen LogP contribution < -0.4 is 10.2 Å². The molecule has 1 aliphatic carbocycles. The Labute approximate surface area is 198 Å². The zero-order valence-corrected chi connectivity index (χ0v) is 20.0. The molecule has 3 rings (SSSR count). The van der Waals surface area contributed by atoms with Crippen molar-refractivity contribution in [2.24, 2.45) is 5.92 Å². The zero-order valence-electron chi connectivity index (χ0n) is 17.7. The van der Waals surface area contributed by atoms with Crippen LogP contribution in [0.1, 0.15) is 49.8 Å². The summed E-state index contributed by atoms with van der Waals surface area (Å²) in [5.41, 5.74) is 1.77. The van der Waals surface area contributed by atoms with Crippen molar-refractivity contribution in [1.29, 1.82) is 0 Å².